The summed E-state index contributed by atoms with van der Waals surface area (Å²) in [7, 11) is 1.74. The van der Waals surface area contributed by atoms with Crippen LogP contribution in [0.1, 0.15) is 18.2 Å². The summed E-state index contributed by atoms with van der Waals surface area (Å²) in [6.07, 6.45) is -0.993. The summed E-state index contributed by atoms with van der Waals surface area (Å²) in [6.45, 7) is 3.21. The van der Waals surface area contributed by atoms with E-state index in [9.17, 15) is 14.4 Å². The number of carbonyl (C=O) groups is 2. The normalized spacial score (nSPS) is 11.7. The molecule has 2 aromatic carbocycles. The van der Waals surface area contributed by atoms with Gasteiger partial charge in [0.15, 0.2) is 6.10 Å². The maximum Gasteiger partial charge on any atom is 0.311 e. The lowest BCUT2D eigenvalue weighted by Gasteiger charge is -2.13. The molecule has 1 amide bonds. The number of anilines is 1. The first-order valence-corrected chi connectivity index (χ1v) is 10.2. The molecule has 0 radical (unpaired) electrons. The molecule has 3 aromatic rings. The fourth-order valence-corrected chi connectivity index (χ4v) is 3.26. The van der Waals surface area contributed by atoms with Gasteiger partial charge in [0, 0.05) is 11.5 Å². The molecule has 0 fully saturated rings. The highest BCUT2D eigenvalue weighted by molar-refractivity contribution is 9.10. The predicted octanol–water partition coefficient (Wildman–Crippen LogP) is 3.36. The quantitative estimate of drug-likeness (QED) is 0.558. The molecule has 1 N–H and O–H groups in total. The van der Waals surface area contributed by atoms with Crippen LogP contribution in [0.2, 0.25) is 0 Å². The second kappa shape index (κ2) is 9.13. The summed E-state index contributed by atoms with van der Waals surface area (Å²) >= 11 is 3.34. The number of amides is 1. The molecule has 0 aliphatic carbocycles. The van der Waals surface area contributed by atoms with Gasteiger partial charge in [-0.05, 0) is 43.7 Å². The van der Waals surface area contributed by atoms with Crippen LogP contribution in [-0.2, 0) is 27.8 Å². The minimum Gasteiger partial charge on any atom is -0.452 e. The molecule has 0 bridgehead atoms. The maximum atomic E-state index is 12.9. The zero-order valence-corrected chi connectivity index (χ0v) is 18.5. The Morgan fingerprint density at radius 2 is 1.73 bits per heavy atom. The maximum absolute atomic E-state index is 12.9. The van der Waals surface area contributed by atoms with Gasteiger partial charge in [0.05, 0.1) is 17.8 Å². The number of para-hydroxylation sites is 1. The number of carbonyl (C=O) groups excluding carboxylic acids is 2. The third kappa shape index (κ3) is 4.71. The Hall–Kier alpha value is -3.13. The lowest BCUT2D eigenvalue weighted by atomic mass is 10.1. The number of nitrogens with zero attached hydrogens (tertiary/aromatic N) is 2. The SMILES string of the molecule is Cc1c(NC(=O)C(C)OC(=O)Cc2ccc(Br)cc2)c(=O)n(-c2ccccc2)n1C. The monoisotopic (exact) mass is 471 g/mol. The topological polar surface area (TPSA) is 82.3 Å². The van der Waals surface area contributed by atoms with E-state index in [4.69, 9.17) is 4.74 Å². The lowest BCUT2D eigenvalue weighted by molar-refractivity contribution is -0.152. The van der Waals surface area contributed by atoms with Crippen molar-refractivity contribution in [3.8, 4) is 5.69 Å². The van der Waals surface area contributed by atoms with Gasteiger partial charge >= 0.3 is 5.97 Å². The van der Waals surface area contributed by atoms with Crippen LogP contribution in [0.25, 0.3) is 5.69 Å². The largest absolute Gasteiger partial charge is 0.452 e. The summed E-state index contributed by atoms with van der Waals surface area (Å²) < 4.78 is 9.28. The van der Waals surface area contributed by atoms with Crippen LogP contribution < -0.4 is 10.9 Å². The average Bonchev–Trinajstić information content (AvgIpc) is 2.93. The second-order valence-corrected chi connectivity index (χ2v) is 7.78. The van der Waals surface area contributed by atoms with Crippen molar-refractivity contribution in [3.05, 3.63) is 80.7 Å². The van der Waals surface area contributed by atoms with Gasteiger partial charge in [-0.3, -0.25) is 19.1 Å². The number of benzene rings is 2. The molecule has 0 aliphatic heterocycles. The van der Waals surface area contributed by atoms with E-state index in [1.54, 1.807) is 42.9 Å². The molecule has 1 aromatic heterocycles. The first-order chi connectivity index (χ1) is 14.3. The number of ether oxygens (including phenoxy) is 1. The molecule has 3 rings (SSSR count). The number of halogens is 1. The van der Waals surface area contributed by atoms with E-state index in [1.165, 1.54) is 11.6 Å². The first kappa shape index (κ1) is 21.6. The van der Waals surface area contributed by atoms with Crippen molar-refractivity contribution >= 4 is 33.5 Å². The summed E-state index contributed by atoms with van der Waals surface area (Å²) in [5.74, 6) is -1.09. The Balaban J connectivity index is 1.70. The molecule has 156 valence electrons. The summed E-state index contributed by atoms with van der Waals surface area (Å²) in [6, 6.07) is 16.4. The molecule has 8 heteroatoms. The van der Waals surface area contributed by atoms with E-state index in [0.717, 1.165) is 10.0 Å². The molecule has 0 spiro atoms. The molecule has 1 unspecified atom stereocenters. The lowest BCUT2D eigenvalue weighted by Crippen LogP contribution is -2.32. The number of esters is 1. The van der Waals surface area contributed by atoms with Crippen molar-refractivity contribution < 1.29 is 14.3 Å². The number of nitrogens with one attached hydrogen (secondary N) is 1. The van der Waals surface area contributed by atoms with E-state index in [1.807, 2.05) is 30.3 Å². The van der Waals surface area contributed by atoms with Crippen molar-refractivity contribution in [3.63, 3.8) is 0 Å². The van der Waals surface area contributed by atoms with Gasteiger partial charge in [0.1, 0.15) is 5.69 Å². The highest BCUT2D eigenvalue weighted by Crippen LogP contribution is 2.15. The van der Waals surface area contributed by atoms with Gasteiger partial charge < -0.3 is 10.1 Å². The molecule has 0 aliphatic rings. The first-order valence-electron chi connectivity index (χ1n) is 9.36. The number of hydrogen-bond acceptors (Lipinski definition) is 4. The Labute approximate surface area is 182 Å². The van der Waals surface area contributed by atoms with E-state index >= 15 is 0 Å². The van der Waals surface area contributed by atoms with E-state index in [0.29, 0.717) is 11.4 Å². The molecule has 7 nitrogen and oxygen atoms in total. The molecule has 0 saturated carbocycles. The number of rotatable bonds is 6. The van der Waals surface area contributed by atoms with Crippen LogP contribution in [0.15, 0.2) is 63.9 Å². The average molecular weight is 472 g/mol. The van der Waals surface area contributed by atoms with Gasteiger partial charge in [-0.1, -0.05) is 46.3 Å². The molecular formula is C22H22BrN3O4. The van der Waals surface area contributed by atoms with E-state index in [2.05, 4.69) is 21.2 Å². The van der Waals surface area contributed by atoms with Crippen LogP contribution in [0.3, 0.4) is 0 Å². The van der Waals surface area contributed by atoms with Crippen LogP contribution in [0, 0.1) is 6.92 Å². The van der Waals surface area contributed by atoms with E-state index in [-0.39, 0.29) is 17.7 Å². The molecule has 30 heavy (non-hydrogen) atoms. The zero-order valence-electron chi connectivity index (χ0n) is 16.9. The van der Waals surface area contributed by atoms with E-state index < -0.39 is 18.0 Å². The van der Waals surface area contributed by atoms with Crippen LogP contribution >= 0.6 is 15.9 Å². The minimum absolute atomic E-state index is 0.0517. The highest BCUT2D eigenvalue weighted by atomic mass is 79.9. The number of aromatic nitrogens is 2. The van der Waals surface area contributed by atoms with Gasteiger partial charge in [-0.15, -0.1) is 0 Å². The smallest absolute Gasteiger partial charge is 0.311 e. The predicted molar refractivity (Wildman–Crippen MR) is 118 cm³/mol. The fourth-order valence-electron chi connectivity index (χ4n) is 3.00. The van der Waals surface area contributed by atoms with Gasteiger partial charge in [0.25, 0.3) is 11.5 Å². The Bertz CT molecular complexity index is 1120. The summed E-state index contributed by atoms with van der Waals surface area (Å²) in [5, 5.41) is 2.61. The molecule has 1 heterocycles. The fraction of sp³-hybridized carbons (Fsp3) is 0.227. The van der Waals surface area contributed by atoms with Crippen molar-refractivity contribution in [1.82, 2.24) is 9.36 Å². The third-order valence-corrected chi connectivity index (χ3v) is 5.27. The molecule has 0 saturated heterocycles. The minimum atomic E-state index is -1.04. The zero-order chi connectivity index (χ0) is 21.8. The Kier molecular flexibility index (Phi) is 6.56. The summed E-state index contributed by atoms with van der Waals surface area (Å²) in [4.78, 5) is 37.6. The van der Waals surface area contributed by atoms with Crippen molar-refractivity contribution in [2.24, 2.45) is 7.05 Å². The molecular weight excluding hydrogens is 450 g/mol. The van der Waals surface area contributed by atoms with Crippen LogP contribution in [0.5, 0.6) is 0 Å². The summed E-state index contributed by atoms with van der Waals surface area (Å²) in [5.41, 5.74) is 1.85. The number of hydrogen-bond donors (Lipinski definition) is 1. The van der Waals surface area contributed by atoms with Gasteiger partial charge in [-0.2, -0.15) is 0 Å². The Morgan fingerprint density at radius 1 is 1.10 bits per heavy atom. The Morgan fingerprint density at radius 3 is 2.37 bits per heavy atom. The van der Waals surface area contributed by atoms with Crippen molar-refractivity contribution in [2.75, 3.05) is 5.32 Å². The molecule has 1 atom stereocenters. The van der Waals surface area contributed by atoms with Crippen LogP contribution in [0.4, 0.5) is 5.69 Å². The standard InChI is InChI=1S/C22H22BrN3O4/c1-14-20(22(29)26(25(14)3)18-7-5-4-6-8-18)24-21(28)15(2)30-19(27)13-16-9-11-17(23)12-10-16/h4-12,15H,13H2,1-3H3,(H,24,28). The van der Waals surface area contributed by atoms with Gasteiger partial charge in [-0.25, -0.2) is 4.68 Å². The van der Waals surface area contributed by atoms with Gasteiger partial charge in [0.2, 0.25) is 0 Å². The van der Waals surface area contributed by atoms with Crippen LogP contribution in [-0.4, -0.2) is 27.3 Å². The van der Waals surface area contributed by atoms with Crippen molar-refractivity contribution in [1.29, 1.82) is 0 Å². The third-order valence-electron chi connectivity index (χ3n) is 4.74. The second-order valence-electron chi connectivity index (χ2n) is 6.86. The van der Waals surface area contributed by atoms with Crippen molar-refractivity contribution in [2.45, 2.75) is 26.4 Å². The highest BCUT2D eigenvalue weighted by Gasteiger charge is 2.23.